The summed E-state index contributed by atoms with van der Waals surface area (Å²) in [6, 6.07) is 31.9. The van der Waals surface area contributed by atoms with Gasteiger partial charge in [0.15, 0.2) is 17.5 Å². The summed E-state index contributed by atoms with van der Waals surface area (Å²) in [5, 5.41) is 8.43. The van der Waals surface area contributed by atoms with Gasteiger partial charge in [0.1, 0.15) is 11.8 Å². The van der Waals surface area contributed by atoms with Crippen LogP contribution < -0.4 is 10.2 Å². The van der Waals surface area contributed by atoms with E-state index in [0.29, 0.717) is 11.7 Å². The number of aromatic nitrogens is 2. The number of nitrogens with one attached hydrogen (secondary N) is 1. The molecule has 1 N–H and O–H groups in total. The van der Waals surface area contributed by atoms with Crippen LogP contribution in [0.4, 0.5) is 22.9 Å². The summed E-state index contributed by atoms with van der Waals surface area (Å²) >= 11 is 0. The summed E-state index contributed by atoms with van der Waals surface area (Å²) in [6.07, 6.45) is 1.71. The van der Waals surface area contributed by atoms with E-state index in [2.05, 4.69) is 16.3 Å². The zero-order valence-corrected chi connectivity index (χ0v) is 19.5. The Bertz CT molecular complexity index is 1620. The Morgan fingerprint density at radius 2 is 1.56 bits per heavy atom. The fraction of sp³-hybridized carbons (Fsp3) is 0.0690. The molecule has 0 amide bonds. The van der Waals surface area contributed by atoms with Gasteiger partial charge in [0.2, 0.25) is 0 Å². The monoisotopic (exact) mass is 470 g/mol. The second-order valence-electron chi connectivity index (χ2n) is 8.73. The molecule has 0 fully saturated rings. The summed E-state index contributed by atoms with van der Waals surface area (Å²) in [5.41, 5.74) is 5.62. The molecule has 1 unspecified atom stereocenters. The second kappa shape index (κ2) is 8.09. The number of fused-ring (bicyclic) bond motifs is 4. The molecule has 0 saturated heterocycles. The largest absolute Gasteiger partial charge is 0.467 e. The second-order valence-corrected chi connectivity index (χ2v) is 8.73. The van der Waals surface area contributed by atoms with Crippen molar-refractivity contribution in [2.45, 2.75) is 13.0 Å². The molecule has 1 atom stereocenters. The molecule has 3 aromatic carbocycles. The average molecular weight is 471 g/mol. The molecule has 36 heavy (non-hydrogen) atoms. The summed E-state index contributed by atoms with van der Waals surface area (Å²) < 4.78 is 7.93. The Labute approximate surface area is 208 Å². The predicted molar refractivity (Wildman–Crippen MR) is 142 cm³/mol. The van der Waals surface area contributed by atoms with Gasteiger partial charge in [-0.3, -0.25) is 0 Å². The molecule has 0 bridgehead atoms. The van der Waals surface area contributed by atoms with Gasteiger partial charge in [-0.1, -0.05) is 48.5 Å². The van der Waals surface area contributed by atoms with Gasteiger partial charge in [-0.2, -0.15) is 5.10 Å². The SMILES string of the molecule is Cc1nn(-c2ccccc2)c2c1C(c1ccco1)N1C(=N2)C(Nc2ccccc2)=Nc2ccccc21. The van der Waals surface area contributed by atoms with Crippen LogP contribution in [0.15, 0.2) is 118 Å². The Balaban J connectivity index is 1.50. The number of amidine groups is 2. The van der Waals surface area contributed by atoms with Crippen LogP contribution in [-0.4, -0.2) is 21.5 Å². The number of aryl methyl sites for hydroxylation is 1. The van der Waals surface area contributed by atoms with Crippen molar-refractivity contribution < 1.29 is 4.42 Å². The number of furan rings is 1. The van der Waals surface area contributed by atoms with Gasteiger partial charge in [-0.25, -0.2) is 14.7 Å². The lowest BCUT2D eigenvalue weighted by Gasteiger charge is -2.39. The molecule has 0 aliphatic carbocycles. The highest BCUT2D eigenvalue weighted by molar-refractivity contribution is 6.51. The molecular formula is C29H22N6O. The number of hydrogen-bond acceptors (Lipinski definition) is 6. The first kappa shape index (κ1) is 20.5. The van der Waals surface area contributed by atoms with Crippen LogP contribution >= 0.6 is 0 Å². The smallest absolute Gasteiger partial charge is 0.179 e. The van der Waals surface area contributed by atoms with Crippen molar-refractivity contribution in [2.75, 3.05) is 10.2 Å². The number of aliphatic imine (C=N–C) groups is 2. The summed E-state index contributed by atoms with van der Waals surface area (Å²) in [6.45, 7) is 2.03. The van der Waals surface area contributed by atoms with E-state index in [1.165, 1.54) is 0 Å². The number of nitrogens with zero attached hydrogens (tertiary/aromatic N) is 5. The van der Waals surface area contributed by atoms with Crippen molar-refractivity contribution >= 4 is 34.6 Å². The van der Waals surface area contributed by atoms with E-state index in [0.717, 1.165) is 45.6 Å². The van der Waals surface area contributed by atoms with E-state index in [1.54, 1.807) is 6.26 Å². The Kier molecular flexibility index (Phi) is 4.60. The minimum absolute atomic E-state index is 0.260. The van der Waals surface area contributed by atoms with Crippen LogP contribution in [0.3, 0.4) is 0 Å². The molecule has 7 rings (SSSR count). The zero-order valence-electron chi connectivity index (χ0n) is 19.5. The third-order valence-corrected chi connectivity index (χ3v) is 6.49. The molecule has 7 nitrogen and oxygen atoms in total. The van der Waals surface area contributed by atoms with Gasteiger partial charge < -0.3 is 14.6 Å². The summed E-state index contributed by atoms with van der Waals surface area (Å²) in [5.74, 6) is 2.97. The van der Waals surface area contributed by atoms with Gasteiger partial charge in [0.25, 0.3) is 0 Å². The molecule has 4 heterocycles. The van der Waals surface area contributed by atoms with Crippen LogP contribution in [0.1, 0.15) is 23.1 Å². The number of benzene rings is 3. The van der Waals surface area contributed by atoms with Gasteiger partial charge in [0, 0.05) is 5.69 Å². The van der Waals surface area contributed by atoms with E-state index in [1.807, 2.05) is 103 Å². The van der Waals surface area contributed by atoms with Crippen LogP contribution in [0.2, 0.25) is 0 Å². The Morgan fingerprint density at radius 3 is 2.33 bits per heavy atom. The molecule has 5 aromatic rings. The van der Waals surface area contributed by atoms with Crippen molar-refractivity contribution in [3.05, 3.63) is 120 Å². The first-order valence-corrected chi connectivity index (χ1v) is 11.8. The van der Waals surface area contributed by atoms with E-state index in [9.17, 15) is 0 Å². The molecule has 2 aromatic heterocycles. The molecule has 0 radical (unpaired) electrons. The third kappa shape index (κ3) is 3.17. The standard InChI is InChI=1S/C29H22N6O/c1-19-25-26(24-17-10-18-36-24)34-23-16-9-8-15-22(23)31-27(30-20-11-4-2-5-12-20)29(34)32-28(25)35(33-19)21-13-6-3-7-14-21/h2-18,26H,1H3,(H,30,31). The van der Waals surface area contributed by atoms with E-state index < -0.39 is 0 Å². The van der Waals surface area contributed by atoms with Crippen LogP contribution in [0.25, 0.3) is 5.69 Å². The lowest BCUT2D eigenvalue weighted by atomic mass is 9.98. The number of anilines is 2. The average Bonchev–Trinajstić information content (AvgIpc) is 3.57. The molecule has 2 aliphatic heterocycles. The topological polar surface area (TPSA) is 71.0 Å². The van der Waals surface area contributed by atoms with Crippen molar-refractivity contribution in [3.8, 4) is 5.69 Å². The molecule has 7 heteroatoms. The Hall–Kier alpha value is -4.91. The highest BCUT2D eigenvalue weighted by Gasteiger charge is 2.42. The minimum Gasteiger partial charge on any atom is -0.467 e. The first-order chi connectivity index (χ1) is 17.8. The lowest BCUT2D eigenvalue weighted by molar-refractivity contribution is 0.487. The normalized spacial score (nSPS) is 15.9. The quantitative estimate of drug-likeness (QED) is 0.324. The fourth-order valence-electron chi connectivity index (χ4n) is 4.92. The predicted octanol–water partition coefficient (Wildman–Crippen LogP) is 6.57. The molecule has 0 spiro atoms. The number of para-hydroxylation sites is 4. The van der Waals surface area contributed by atoms with Crippen molar-refractivity contribution in [1.29, 1.82) is 0 Å². The first-order valence-electron chi connectivity index (χ1n) is 11.8. The molecule has 2 aliphatic rings. The van der Waals surface area contributed by atoms with Gasteiger partial charge in [-0.15, -0.1) is 0 Å². The Morgan fingerprint density at radius 1 is 0.806 bits per heavy atom. The van der Waals surface area contributed by atoms with Crippen molar-refractivity contribution in [3.63, 3.8) is 0 Å². The number of rotatable bonds is 3. The summed E-state index contributed by atoms with van der Waals surface area (Å²) in [7, 11) is 0. The van der Waals surface area contributed by atoms with Crippen LogP contribution in [0.5, 0.6) is 0 Å². The molecule has 174 valence electrons. The van der Waals surface area contributed by atoms with Gasteiger partial charge in [-0.05, 0) is 55.5 Å². The third-order valence-electron chi connectivity index (χ3n) is 6.49. The fourth-order valence-corrected chi connectivity index (χ4v) is 4.92. The summed E-state index contributed by atoms with van der Waals surface area (Å²) in [4.78, 5) is 12.4. The van der Waals surface area contributed by atoms with E-state index >= 15 is 0 Å². The number of hydrogen-bond donors (Lipinski definition) is 1. The van der Waals surface area contributed by atoms with Gasteiger partial charge in [0.05, 0.1) is 34.6 Å². The van der Waals surface area contributed by atoms with Gasteiger partial charge >= 0.3 is 0 Å². The lowest BCUT2D eigenvalue weighted by Crippen LogP contribution is -2.46. The van der Waals surface area contributed by atoms with Crippen LogP contribution in [-0.2, 0) is 0 Å². The molecular weight excluding hydrogens is 448 g/mol. The zero-order chi connectivity index (χ0) is 24.1. The maximum atomic E-state index is 6.02. The van der Waals surface area contributed by atoms with Crippen LogP contribution in [0, 0.1) is 6.92 Å². The maximum absolute atomic E-state index is 6.02. The molecule has 0 saturated carbocycles. The van der Waals surface area contributed by atoms with E-state index in [4.69, 9.17) is 19.5 Å². The maximum Gasteiger partial charge on any atom is 0.179 e. The minimum atomic E-state index is -0.260. The van der Waals surface area contributed by atoms with Crippen molar-refractivity contribution in [2.24, 2.45) is 9.98 Å². The van der Waals surface area contributed by atoms with Crippen molar-refractivity contribution in [1.82, 2.24) is 9.78 Å². The highest BCUT2D eigenvalue weighted by atomic mass is 16.3. The highest BCUT2D eigenvalue weighted by Crippen LogP contribution is 2.48. The van der Waals surface area contributed by atoms with E-state index in [-0.39, 0.29) is 6.04 Å².